The molecule has 0 bridgehead atoms. The average molecular weight is 428 g/mol. The number of rotatable bonds is 6. The van der Waals surface area contributed by atoms with Crippen molar-refractivity contribution in [2.24, 2.45) is 0 Å². The number of aromatic nitrogens is 2. The second-order valence-corrected chi connectivity index (χ2v) is 7.84. The molecule has 1 atom stereocenters. The summed E-state index contributed by atoms with van der Waals surface area (Å²) in [4.78, 5) is 33.2. The van der Waals surface area contributed by atoms with Gasteiger partial charge in [0.15, 0.2) is 6.10 Å². The van der Waals surface area contributed by atoms with Gasteiger partial charge in [0.25, 0.3) is 5.91 Å². The molecule has 0 aliphatic carbocycles. The number of nitrogens with zero attached hydrogens (tertiary/aromatic N) is 1. The molecule has 1 amide bonds. The Labute approximate surface area is 186 Å². The normalized spacial score (nSPS) is 11.8. The number of carbonyl (C=O) groups excluding carboxylic acids is 2. The highest BCUT2D eigenvalue weighted by Crippen LogP contribution is 2.22. The molecule has 0 aliphatic rings. The summed E-state index contributed by atoms with van der Waals surface area (Å²) in [6.07, 6.45) is -0.516. The van der Waals surface area contributed by atoms with Gasteiger partial charge in [-0.15, -0.1) is 0 Å². The van der Waals surface area contributed by atoms with Crippen LogP contribution in [-0.2, 0) is 9.53 Å². The smallest absolute Gasteiger partial charge is 0.338 e. The van der Waals surface area contributed by atoms with Crippen molar-refractivity contribution in [1.82, 2.24) is 9.97 Å². The Morgan fingerprint density at radius 3 is 2.28 bits per heavy atom. The third-order valence-electron chi connectivity index (χ3n) is 5.27. The Morgan fingerprint density at radius 2 is 1.62 bits per heavy atom. The minimum atomic E-state index is -0.885. The minimum Gasteiger partial charge on any atom is -0.449 e. The number of hydrogen-bond donors (Lipinski definition) is 2. The maximum atomic E-state index is 12.7. The average Bonchev–Trinajstić information content (AvgIpc) is 3.22. The molecule has 6 heteroatoms. The number of aromatic amines is 1. The molecule has 0 fully saturated rings. The van der Waals surface area contributed by atoms with Crippen LogP contribution in [0.4, 0.5) is 5.69 Å². The van der Waals surface area contributed by atoms with Crippen molar-refractivity contribution < 1.29 is 14.3 Å². The van der Waals surface area contributed by atoms with E-state index in [1.807, 2.05) is 62.4 Å². The van der Waals surface area contributed by atoms with Gasteiger partial charge in [-0.3, -0.25) is 4.79 Å². The standard InChI is InChI=1S/C26H25N3O3/c1-4-23(25(30)27-20-12-7-17(3)8-13-20)32-26(31)19-11-14-21-22(15-19)29-24(28-21)18-9-5-16(2)6-10-18/h5-15,23H,4H2,1-3H3,(H,27,30)(H,28,29). The van der Waals surface area contributed by atoms with E-state index < -0.39 is 12.1 Å². The Balaban J connectivity index is 1.48. The molecule has 1 heterocycles. The zero-order valence-electron chi connectivity index (χ0n) is 18.3. The lowest BCUT2D eigenvalue weighted by atomic mass is 10.1. The predicted octanol–water partition coefficient (Wildman–Crippen LogP) is 5.42. The molecule has 0 spiro atoms. The zero-order chi connectivity index (χ0) is 22.7. The number of ether oxygens (including phenoxy) is 1. The molecule has 0 aliphatic heterocycles. The van der Waals surface area contributed by atoms with Crippen LogP contribution in [0.25, 0.3) is 22.4 Å². The molecule has 1 unspecified atom stereocenters. The number of H-pyrrole nitrogens is 1. The van der Waals surface area contributed by atoms with Crippen LogP contribution in [0.5, 0.6) is 0 Å². The molecular weight excluding hydrogens is 402 g/mol. The van der Waals surface area contributed by atoms with Crippen LogP contribution < -0.4 is 5.32 Å². The van der Waals surface area contributed by atoms with Gasteiger partial charge in [-0.2, -0.15) is 0 Å². The van der Waals surface area contributed by atoms with Gasteiger partial charge in [-0.05, 0) is 50.6 Å². The Kier molecular flexibility index (Phi) is 6.03. The first-order valence-electron chi connectivity index (χ1n) is 10.6. The van der Waals surface area contributed by atoms with Gasteiger partial charge in [0.2, 0.25) is 0 Å². The number of imidazole rings is 1. The highest BCUT2D eigenvalue weighted by Gasteiger charge is 2.22. The fourth-order valence-electron chi connectivity index (χ4n) is 3.36. The summed E-state index contributed by atoms with van der Waals surface area (Å²) in [5.74, 6) is -0.173. The lowest BCUT2D eigenvalue weighted by Crippen LogP contribution is -2.32. The maximum absolute atomic E-state index is 12.7. The largest absolute Gasteiger partial charge is 0.449 e. The number of benzene rings is 3. The van der Waals surface area contributed by atoms with Crippen molar-refractivity contribution in [2.75, 3.05) is 5.32 Å². The zero-order valence-corrected chi connectivity index (χ0v) is 18.3. The predicted molar refractivity (Wildman–Crippen MR) is 126 cm³/mol. The van der Waals surface area contributed by atoms with E-state index >= 15 is 0 Å². The van der Waals surface area contributed by atoms with Crippen LogP contribution >= 0.6 is 0 Å². The number of aryl methyl sites for hydroxylation is 2. The number of anilines is 1. The summed E-state index contributed by atoms with van der Waals surface area (Å²) in [7, 11) is 0. The Hall–Kier alpha value is -3.93. The van der Waals surface area contributed by atoms with E-state index in [1.165, 1.54) is 5.56 Å². The van der Waals surface area contributed by atoms with Gasteiger partial charge < -0.3 is 15.0 Å². The lowest BCUT2D eigenvalue weighted by molar-refractivity contribution is -0.124. The van der Waals surface area contributed by atoms with Gasteiger partial charge in [-0.25, -0.2) is 9.78 Å². The van der Waals surface area contributed by atoms with Crippen molar-refractivity contribution >= 4 is 28.6 Å². The molecule has 1 aromatic heterocycles. The van der Waals surface area contributed by atoms with E-state index in [0.717, 1.165) is 28.0 Å². The van der Waals surface area contributed by atoms with Crippen molar-refractivity contribution in [2.45, 2.75) is 33.3 Å². The molecule has 0 saturated heterocycles. The van der Waals surface area contributed by atoms with Crippen molar-refractivity contribution in [3.05, 3.63) is 83.4 Å². The van der Waals surface area contributed by atoms with E-state index in [-0.39, 0.29) is 5.91 Å². The van der Waals surface area contributed by atoms with E-state index in [9.17, 15) is 9.59 Å². The first-order valence-corrected chi connectivity index (χ1v) is 10.6. The summed E-state index contributed by atoms with van der Waals surface area (Å²) < 4.78 is 5.51. The van der Waals surface area contributed by atoms with Crippen LogP contribution in [0.2, 0.25) is 0 Å². The van der Waals surface area contributed by atoms with Crippen molar-refractivity contribution in [3.8, 4) is 11.4 Å². The molecular formula is C26H25N3O3. The molecule has 4 rings (SSSR count). The molecule has 0 radical (unpaired) electrons. The maximum Gasteiger partial charge on any atom is 0.338 e. The van der Waals surface area contributed by atoms with Crippen molar-refractivity contribution in [3.63, 3.8) is 0 Å². The molecule has 4 aromatic rings. The summed E-state index contributed by atoms with van der Waals surface area (Å²) in [5.41, 5.74) is 5.74. The van der Waals surface area contributed by atoms with Crippen LogP contribution in [0.1, 0.15) is 34.8 Å². The van der Waals surface area contributed by atoms with E-state index in [4.69, 9.17) is 4.74 Å². The third kappa shape index (κ3) is 4.70. The van der Waals surface area contributed by atoms with Gasteiger partial charge in [0.05, 0.1) is 16.6 Å². The number of hydrogen-bond acceptors (Lipinski definition) is 4. The molecule has 6 nitrogen and oxygen atoms in total. The van der Waals surface area contributed by atoms with Crippen molar-refractivity contribution in [1.29, 1.82) is 0 Å². The number of esters is 1. The molecule has 32 heavy (non-hydrogen) atoms. The summed E-state index contributed by atoms with van der Waals surface area (Å²) in [6, 6.07) is 20.6. The van der Waals surface area contributed by atoms with Crippen LogP contribution in [0.3, 0.4) is 0 Å². The number of amides is 1. The number of nitrogens with one attached hydrogen (secondary N) is 2. The third-order valence-corrected chi connectivity index (χ3v) is 5.27. The molecule has 3 aromatic carbocycles. The highest BCUT2D eigenvalue weighted by atomic mass is 16.5. The first-order chi connectivity index (χ1) is 15.4. The quantitative estimate of drug-likeness (QED) is 0.402. The lowest BCUT2D eigenvalue weighted by Gasteiger charge is -2.16. The fraction of sp³-hybridized carbons (Fsp3) is 0.192. The summed E-state index contributed by atoms with van der Waals surface area (Å²) >= 11 is 0. The van der Waals surface area contributed by atoms with Crippen LogP contribution in [0, 0.1) is 13.8 Å². The number of fused-ring (bicyclic) bond motifs is 1. The van der Waals surface area contributed by atoms with Gasteiger partial charge >= 0.3 is 5.97 Å². The first kappa shape index (κ1) is 21.3. The van der Waals surface area contributed by atoms with Crippen LogP contribution in [-0.4, -0.2) is 27.9 Å². The van der Waals surface area contributed by atoms with Gasteiger partial charge in [0, 0.05) is 11.3 Å². The Morgan fingerprint density at radius 1 is 0.969 bits per heavy atom. The topological polar surface area (TPSA) is 84.1 Å². The fourth-order valence-corrected chi connectivity index (χ4v) is 3.36. The Bertz CT molecular complexity index is 1260. The van der Waals surface area contributed by atoms with E-state index in [1.54, 1.807) is 25.1 Å². The summed E-state index contributed by atoms with van der Waals surface area (Å²) in [6.45, 7) is 5.81. The monoisotopic (exact) mass is 427 g/mol. The second kappa shape index (κ2) is 9.06. The highest BCUT2D eigenvalue weighted by molar-refractivity contribution is 5.99. The molecule has 162 valence electrons. The van der Waals surface area contributed by atoms with Gasteiger partial charge in [-0.1, -0.05) is 54.4 Å². The van der Waals surface area contributed by atoms with E-state index in [2.05, 4.69) is 15.3 Å². The summed E-state index contributed by atoms with van der Waals surface area (Å²) in [5, 5.41) is 2.80. The SMILES string of the molecule is CCC(OC(=O)c1ccc2nc(-c3ccc(C)cc3)[nH]c2c1)C(=O)Nc1ccc(C)cc1. The molecule has 0 saturated carbocycles. The van der Waals surface area contributed by atoms with Gasteiger partial charge in [0.1, 0.15) is 5.82 Å². The second-order valence-electron chi connectivity index (χ2n) is 7.84. The minimum absolute atomic E-state index is 0.353. The number of carbonyl (C=O) groups is 2. The molecule has 2 N–H and O–H groups in total. The van der Waals surface area contributed by atoms with E-state index in [0.29, 0.717) is 17.7 Å². The van der Waals surface area contributed by atoms with Crippen LogP contribution in [0.15, 0.2) is 66.7 Å².